The van der Waals surface area contributed by atoms with E-state index in [9.17, 15) is 14.9 Å². The van der Waals surface area contributed by atoms with Crippen LogP contribution in [0.25, 0.3) is 6.08 Å². The van der Waals surface area contributed by atoms with Crippen LogP contribution in [-0.4, -0.2) is 39.9 Å². The lowest BCUT2D eigenvalue weighted by atomic mass is 10.1. The van der Waals surface area contributed by atoms with Gasteiger partial charge in [0, 0.05) is 12.1 Å². The van der Waals surface area contributed by atoms with Gasteiger partial charge in [0.05, 0.1) is 17.6 Å². The van der Waals surface area contributed by atoms with Gasteiger partial charge in [0.2, 0.25) is 0 Å². The van der Waals surface area contributed by atoms with E-state index in [1.165, 1.54) is 12.1 Å². The maximum Gasteiger partial charge on any atom is 0.412 e. The molecule has 0 unspecified atom stereocenters. The Kier molecular flexibility index (Phi) is 5.71. The Bertz CT molecular complexity index is 689. The standard InChI is InChI=1S/C19H26N2O5/c1-18(2,3)26-17(22)20-16(13-25-19(20,4)5)8-6-7-14-9-11-15(12-10-14)21(23)24/h6-7,9-12,16H,8,13H2,1-5H3/b7-6+/t16-/m0/s1. The first kappa shape index (κ1) is 19.9. The summed E-state index contributed by atoms with van der Waals surface area (Å²) >= 11 is 0. The second-order valence-electron chi connectivity index (χ2n) is 7.75. The monoisotopic (exact) mass is 362 g/mol. The number of nitrogens with zero attached hydrogens (tertiary/aromatic N) is 2. The zero-order chi connectivity index (χ0) is 19.5. The van der Waals surface area contributed by atoms with E-state index < -0.39 is 22.3 Å². The van der Waals surface area contributed by atoms with Gasteiger partial charge < -0.3 is 9.47 Å². The molecule has 0 N–H and O–H groups in total. The molecule has 1 amide bonds. The highest BCUT2D eigenvalue weighted by atomic mass is 16.6. The molecule has 0 spiro atoms. The average Bonchev–Trinajstić information content (AvgIpc) is 2.81. The molecule has 1 heterocycles. The summed E-state index contributed by atoms with van der Waals surface area (Å²) in [6.45, 7) is 9.61. The molecule has 1 aliphatic rings. The Labute approximate surface area is 153 Å². The molecule has 7 heteroatoms. The second-order valence-corrected chi connectivity index (χ2v) is 7.75. The maximum absolute atomic E-state index is 12.6. The fourth-order valence-corrected chi connectivity index (χ4v) is 2.81. The lowest BCUT2D eigenvalue weighted by molar-refractivity contribution is -0.384. The first-order chi connectivity index (χ1) is 12.0. The molecule has 0 saturated carbocycles. The van der Waals surface area contributed by atoms with E-state index in [0.29, 0.717) is 13.0 Å². The molecule has 2 rings (SSSR count). The summed E-state index contributed by atoms with van der Waals surface area (Å²) in [5, 5.41) is 10.7. The zero-order valence-corrected chi connectivity index (χ0v) is 15.9. The van der Waals surface area contributed by atoms with E-state index in [0.717, 1.165) is 5.56 Å². The van der Waals surface area contributed by atoms with Gasteiger partial charge in [-0.05, 0) is 58.7 Å². The third-order valence-electron chi connectivity index (χ3n) is 3.99. The number of ether oxygens (including phenoxy) is 2. The minimum absolute atomic E-state index is 0.0594. The topological polar surface area (TPSA) is 81.9 Å². The molecule has 1 atom stereocenters. The van der Waals surface area contributed by atoms with Gasteiger partial charge in [-0.1, -0.05) is 12.2 Å². The quantitative estimate of drug-likeness (QED) is 0.587. The second kappa shape index (κ2) is 7.45. The predicted molar refractivity (Wildman–Crippen MR) is 98.6 cm³/mol. The normalized spacial score (nSPS) is 19.7. The number of nitro groups is 1. The van der Waals surface area contributed by atoms with Gasteiger partial charge >= 0.3 is 6.09 Å². The van der Waals surface area contributed by atoms with Crippen molar-refractivity contribution in [3.63, 3.8) is 0 Å². The van der Waals surface area contributed by atoms with Crippen LogP contribution < -0.4 is 0 Å². The summed E-state index contributed by atoms with van der Waals surface area (Å²) in [5.74, 6) is 0. The van der Waals surface area contributed by atoms with Crippen LogP contribution in [0.2, 0.25) is 0 Å². The van der Waals surface area contributed by atoms with Crippen molar-refractivity contribution in [3.8, 4) is 0 Å². The smallest absolute Gasteiger partial charge is 0.412 e. The van der Waals surface area contributed by atoms with Crippen molar-refractivity contribution in [1.82, 2.24) is 4.90 Å². The molecule has 0 bridgehead atoms. The van der Waals surface area contributed by atoms with Gasteiger partial charge in [0.25, 0.3) is 5.69 Å². The summed E-state index contributed by atoms with van der Waals surface area (Å²) < 4.78 is 11.3. The number of hydrogen-bond acceptors (Lipinski definition) is 5. The fourth-order valence-electron chi connectivity index (χ4n) is 2.81. The number of rotatable bonds is 4. The molecule has 0 aromatic heterocycles. The van der Waals surface area contributed by atoms with Crippen molar-refractivity contribution >= 4 is 17.9 Å². The van der Waals surface area contributed by atoms with Crippen LogP contribution in [0.3, 0.4) is 0 Å². The first-order valence-corrected chi connectivity index (χ1v) is 8.57. The molecule has 1 aromatic rings. The molecule has 7 nitrogen and oxygen atoms in total. The molecule has 1 fully saturated rings. The summed E-state index contributed by atoms with van der Waals surface area (Å²) in [5.41, 5.74) is -0.384. The largest absolute Gasteiger partial charge is 0.444 e. The minimum atomic E-state index is -0.728. The first-order valence-electron chi connectivity index (χ1n) is 8.57. The van der Waals surface area contributed by atoms with Crippen LogP contribution in [0.4, 0.5) is 10.5 Å². The van der Waals surface area contributed by atoms with Gasteiger partial charge in [-0.2, -0.15) is 0 Å². The summed E-state index contributed by atoms with van der Waals surface area (Å²) in [4.78, 5) is 24.5. The van der Waals surface area contributed by atoms with Gasteiger partial charge in [0.15, 0.2) is 0 Å². The fraction of sp³-hybridized carbons (Fsp3) is 0.526. The molecule has 26 heavy (non-hydrogen) atoms. The van der Waals surface area contributed by atoms with Gasteiger partial charge in [-0.3, -0.25) is 15.0 Å². The van der Waals surface area contributed by atoms with Crippen LogP contribution in [0, 0.1) is 10.1 Å². The van der Waals surface area contributed by atoms with Crippen molar-refractivity contribution in [2.75, 3.05) is 6.61 Å². The van der Waals surface area contributed by atoms with Crippen LogP contribution in [-0.2, 0) is 9.47 Å². The lowest BCUT2D eigenvalue weighted by Gasteiger charge is -2.34. The van der Waals surface area contributed by atoms with E-state index in [1.54, 1.807) is 17.0 Å². The number of non-ortho nitro benzene ring substituents is 1. The molecule has 0 aliphatic carbocycles. The zero-order valence-electron chi connectivity index (χ0n) is 15.9. The highest BCUT2D eigenvalue weighted by Crippen LogP contribution is 2.31. The van der Waals surface area contributed by atoms with E-state index in [2.05, 4.69) is 0 Å². The average molecular weight is 362 g/mol. The summed E-state index contributed by atoms with van der Waals surface area (Å²) in [6, 6.07) is 6.18. The highest BCUT2D eigenvalue weighted by molar-refractivity contribution is 5.70. The van der Waals surface area contributed by atoms with Gasteiger partial charge in [0.1, 0.15) is 11.3 Å². The number of nitro benzene ring substituents is 1. The van der Waals surface area contributed by atoms with Crippen molar-refractivity contribution in [2.45, 2.75) is 58.4 Å². The van der Waals surface area contributed by atoms with Crippen LogP contribution in [0.1, 0.15) is 46.6 Å². The Morgan fingerprint density at radius 2 is 2.00 bits per heavy atom. The Morgan fingerprint density at radius 1 is 1.38 bits per heavy atom. The van der Waals surface area contributed by atoms with E-state index >= 15 is 0 Å². The van der Waals surface area contributed by atoms with E-state index in [1.807, 2.05) is 46.8 Å². The minimum Gasteiger partial charge on any atom is -0.444 e. The van der Waals surface area contributed by atoms with E-state index in [-0.39, 0.29) is 11.7 Å². The molecule has 1 saturated heterocycles. The van der Waals surface area contributed by atoms with Crippen LogP contribution in [0.5, 0.6) is 0 Å². The van der Waals surface area contributed by atoms with Crippen LogP contribution >= 0.6 is 0 Å². The van der Waals surface area contributed by atoms with Crippen LogP contribution in [0.15, 0.2) is 30.3 Å². The van der Waals surface area contributed by atoms with Crippen molar-refractivity contribution < 1.29 is 19.2 Å². The SMILES string of the molecule is CC(C)(C)OC(=O)N1[C@@H](C/C=C/c2ccc([N+](=O)[O-])cc2)COC1(C)C. The summed E-state index contributed by atoms with van der Waals surface area (Å²) in [7, 11) is 0. The Morgan fingerprint density at radius 3 is 2.54 bits per heavy atom. The highest BCUT2D eigenvalue weighted by Gasteiger charge is 2.45. The number of benzene rings is 1. The number of amides is 1. The molecule has 1 aromatic carbocycles. The molecule has 142 valence electrons. The Hall–Kier alpha value is -2.41. The van der Waals surface area contributed by atoms with Crippen molar-refractivity contribution in [3.05, 3.63) is 46.0 Å². The molecular formula is C19H26N2O5. The van der Waals surface area contributed by atoms with Gasteiger partial charge in [-0.15, -0.1) is 0 Å². The lowest BCUT2D eigenvalue weighted by Crippen LogP contribution is -2.49. The Balaban J connectivity index is 2.04. The number of hydrogen-bond donors (Lipinski definition) is 0. The summed E-state index contributed by atoms with van der Waals surface area (Å²) in [6.07, 6.45) is 4.02. The molecular weight excluding hydrogens is 336 g/mol. The number of carbonyl (C=O) groups excluding carboxylic acids is 1. The molecule has 0 radical (unpaired) electrons. The van der Waals surface area contributed by atoms with Gasteiger partial charge in [-0.25, -0.2) is 4.79 Å². The maximum atomic E-state index is 12.6. The third kappa shape index (κ3) is 5.05. The third-order valence-corrected chi connectivity index (χ3v) is 3.99. The number of carbonyl (C=O) groups is 1. The van der Waals surface area contributed by atoms with Crippen molar-refractivity contribution in [1.29, 1.82) is 0 Å². The molecule has 1 aliphatic heterocycles. The van der Waals surface area contributed by atoms with Crippen molar-refractivity contribution in [2.24, 2.45) is 0 Å². The predicted octanol–water partition coefficient (Wildman–Crippen LogP) is 4.37. The van der Waals surface area contributed by atoms with E-state index in [4.69, 9.17) is 9.47 Å².